The number of rotatable bonds is 1. The molecule has 0 aliphatic heterocycles. The molecule has 0 atom stereocenters. The molecule has 0 saturated heterocycles. The number of nitrogens with zero attached hydrogens (tertiary/aromatic N) is 1. The third-order valence-corrected chi connectivity index (χ3v) is 4.67. The molecule has 1 heteroatoms. The van der Waals surface area contributed by atoms with Gasteiger partial charge in [-0.3, -0.25) is 0 Å². The maximum absolute atomic E-state index is 8.85. The molecule has 0 unspecified atom stereocenters. The highest BCUT2D eigenvalue weighted by Crippen LogP contribution is 2.27. The molecule has 1 nitrogen and oxygen atoms in total. The third kappa shape index (κ3) is 4.02. The van der Waals surface area contributed by atoms with E-state index in [4.69, 9.17) is 5.26 Å². The fourth-order valence-electron chi connectivity index (χ4n) is 3.07. The Labute approximate surface area is 139 Å². The Hall–Kier alpha value is -2.51. The maximum atomic E-state index is 8.85. The van der Waals surface area contributed by atoms with Crippen molar-refractivity contribution >= 4 is 0 Å². The van der Waals surface area contributed by atoms with Gasteiger partial charge in [0.2, 0.25) is 0 Å². The van der Waals surface area contributed by atoms with Crippen LogP contribution in [0.5, 0.6) is 0 Å². The SMILES string of the molecule is CC1CCC(C#Cc2ccc(-c3ccc(C#N)cc3)cc2)CC1. The van der Waals surface area contributed by atoms with E-state index in [1.165, 1.54) is 25.7 Å². The van der Waals surface area contributed by atoms with Gasteiger partial charge in [0.05, 0.1) is 11.6 Å². The van der Waals surface area contributed by atoms with Crippen LogP contribution in [0.1, 0.15) is 43.7 Å². The zero-order valence-corrected chi connectivity index (χ0v) is 13.5. The molecule has 0 heterocycles. The Morgan fingerprint density at radius 3 is 1.83 bits per heavy atom. The van der Waals surface area contributed by atoms with Crippen LogP contribution >= 0.6 is 0 Å². The van der Waals surface area contributed by atoms with Crippen molar-refractivity contribution in [3.8, 4) is 29.0 Å². The second-order valence-corrected chi connectivity index (χ2v) is 6.49. The van der Waals surface area contributed by atoms with E-state index in [0.29, 0.717) is 11.5 Å². The third-order valence-electron chi connectivity index (χ3n) is 4.67. The average Bonchev–Trinajstić information content (AvgIpc) is 2.62. The summed E-state index contributed by atoms with van der Waals surface area (Å²) in [5, 5.41) is 8.85. The van der Waals surface area contributed by atoms with Crippen molar-refractivity contribution in [2.75, 3.05) is 0 Å². The lowest BCUT2D eigenvalue weighted by molar-refractivity contribution is 0.337. The standard InChI is InChI=1S/C22H21N/c1-17-2-4-18(5-3-17)6-7-19-8-12-21(13-9-19)22-14-10-20(16-23)11-15-22/h8-15,17-18H,2-5H2,1H3. The highest BCUT2D eigenvalue weighted by Gasteiger charge is 2.15. The van der Waals surface area contributed by atoms with Crippen LogP contribution in [0.4, 0.5) is 0 Å². The molecule has 114 valence electrons. The summed E-state index contributed by atoms with van der Waals surface area (Å²) in [7, 11) is 0. The monoisotopic (exact) mass is 299 g/mol. The zero-order valence-electron chi connectivity index (χ0n) is 13.5. The van der Waals surface area contributed by atoms with Crippen molar-refractivity contribution in [3.63, 3.8) is 0 Å². The van der Waals surface area contributed by atoms with Gasteiger partial charge in [0.1, 0.15) is 0 Å². The second kappa shape index (κ2) is 7.17. The fourth-order valence-corrected chi connectivity index (χ4v) is 3.07. The minimum Gasteiger partial charge on any atom is -0.192 e. The van der Waals surface area contributed by atoms with Crippen molar-refractivity contribution in [3.05, 3.63) is 59.7 Å². The van der Waals surface area contributed by atoms with Crippen LogP contribution in [0.25, 0.3) is 11.1 Å². The smallest absolute Gasteiger partial charge is 0.0991 e. The Balaban J connectivity index is 1.69. The van der Waals surface area contributed by atoms with Gasteiger partial charge in [-0.05, 0) is 67.0 Å². The maximum Gasteiger partial charge on any atom is 0.0991 e. The highest BCUT2D eigenvalue weighted by atomic mass is 14.2. The summed E-state index contributed by atoms with van der Waals surface area (Å²) in [5.41, 5.74) is 4.07. The molecule has 3 rings (SSSR count). The normalized spacial score (nSPS) is 20.2. The van der Waals surface area contributed by atoms with Crippen molar-refractivity contribution < 1.29 is 0 Å². The van der Waals surface area contributed by atoms with Crippen LogP contribution in [-0.2, 0) is 0 Å². The molecular formula is C22H21N. The first-order valence-corrected chi connectivity index (χ1v) is 8.37. The molecule has 0 aromatic heterocycles. The van der Waals surface area contributed by atoms with Gasteiger partial charge < -0.3 is 0 Å². The molecule has 0 bridgehead atoms. The summed E-state index contributed by atoms with van der Waals surface area (Å²) in [4.78, 5) is 0. The summed E-state index contributed by atoms with van der Waals surface area (Å²) in [5.74, 6) is 8.23. The van der Waals surface area contributed by atoms with Crippen molar-refractivity contribution in [2.45, 2.75) is 32.6 Å². The molecule has 0 radical (unpaired) electrons. The van der Waals surface area contributed by atoms with Crippen LogP contribution < -0.4 is 0 Å². The van der Waals surface area contributed by atoms with E-state index in [1.54, 1.807) is 0 Å². The molecule has 1 aliphatic rings. The number of hydrogen-bond acceptors (Lipinski definition) is 1. The van der Waals surface area contributed by atoms with Gasteiger partial charge >= 0.3 is 0 Å². The zero-order chi connectivity index (χ0) is 16.1. The first-order chi connectivity index (χ1) is 11.2. The van der Waals surface area contributed by atoms with E-state index < -0.39 is 0 Å². The predicted octanol–water partition coefficient (Wildman–Crippen LogP) is 5.40. The Morgan fingerprint density at radius 2 is 1.30 bits per heavy atom. The van der Waals surface area contributed by atoms with E-state index in [1.807, 2.05) is 24.3 Å². The van der Waals surface area contributed by atoms with Crippen LogP contribution in [-0.4, -0.2) is 0 Å². The van der Waals surface area contributed by atoms with Gasteiger partial charge in [-0.1, -0.05) is 43.0 Å². The van der Waals surface area contributed by atoms with Crippen molar-refractivity contribution in [1.29, 1.82) is 5.26 Å². The van der Waals surface area contributed by atoms with Gasteiger partial charge in [0.15, 0.2) is 0 Å². The summed E-state index contributed by atoms with van der Waals surface area (Å²) in [6.45, 7) is 2.34. The van der Waals surface area contributed by atoms with Gasteiger partial charge in [-0.25, -0.2) is 0 Å². The lowest BCUT2D eigenvalue weighted by Gasteiger charge is -2.21. The van der Waals surface area contributed by atoms with Gasteiger partial charge in [-0.15, -0.1) is 0 Å². The molecular weight excluding hydrogens is 278 g/mol. The molecule has 1 fully saturated rings. The minimum atomic E-state index is 0.574. The number of nitriles is 1. The lowest BCUT2D eigenvalue weighted by atomic mass is 9.83. The predicted molar refractivity (Wildman–Crippen MR) is 94.6 cm³/mol. The minimum absolute atomic E-state index is 0.574. The largest absolute Gasteiger partial charge is 0.192 e. The first-order valence-electron chi connectivity index (χ1n) is 8.37. The van der Waals surface area contributed by atoms with E-state index in [9.17, 15) is 0 Å². The van der Waals surface area contributed by atoms with Crippen LogP contribution in [0.3, 0.4) is 0 Å². The summed E-state index contributed by atoms with van der Waals surface area (Å²) < 4.78 is 0. The lowest BCUT2D eigenvalue weighted by Crippen LogP contribution is -2.10. The van der Waals surface area contributed by atoms with E-state index >= 15 is 0 Å². The molecule has 23 heavy (non-hydrogen) atoms. The van der Waals surface area contributed by atoms with Crippen LogP contribution in [0.15, 0.2) is 48.5 Å². The van der Waals surface area contributed by atoms with Crippen LogP contribution in [0.2, 0.25) is 0 Å². The molecule has 1 aliphatic carbocycles. The van der Waals surface area contributed by atoms with Gasteiger partial charge in [-0.2, -0.15) is 5.26 Å². The fraction of sp³-hybridized carbons (Fsp3) is 0.318. The van der Waals surface area contributed by atoms with E-state index in [0.717, 1.165) is 22.6 Å². The average molecular weight is 299 g/mol. The Kier molecular flexibility index (Phi) is 4.80. The molecule has 0 amide bonds. The molecule has 2 aromatic carbocycles. The topological polar surface area (TPSA) is 23.8 Å². The quantitative estimate of drug-likeness (QED) is 0.646. The van der Waals surface area contributed by atoms with E-state index in [2.05, 4.69) is 49.1 Å². The van der Waals surface area contributed by atoms with Crippen molar-refractivity contribution in [1.82, 2.24) is 0 Å². The second-order valence-electron chi connectivity index (χ2n) is 6.49. The molecule has 2 aromatic rings. The Bertz CT molecular complexity index is 743. The molecule has 0 N–H and O–H groups in total. The van der Waals surface area contributed by atoms with Gasteiger partial charge in [0, 0.05) is 11.5 Å². The highest BCUT2D eigenvalue weighted by molar-refractivity contribution is 5.65. The first kappa shape index (κ1) is 15.4. The summed E-state index contributed by atoms with van der Waals surface area (Å²) in [6, 6.07) is 18.2. The van der Waals surface area contributed by atoms with Crippen molar-refractivity contribution in [2.24, 2.45) is 11.8 Å². The summed E-state index contributed by atoms with van der Waals surface area (Å²) in [6.07, 6.45) is 5.13. The molecule has 0 spiro atoms. The summed E-state index contributed by atoms with van der Waals surface area (Å²) >= 11 is 0. The van der Waals surface area contributed by atoms with Crippen LogP contribution in [0, 0.1) is 35.0 Å². The number of hydrogen-bond donors (Lipinski definition) is 0. The van der Waals surface area contributed by atoms with E-state index in [-0.39, 0.29) is 0 Å². The Morgan fingerprint density at radius 1 is 0.783 bits per heavy atom. The van der Waals surface area contributed by atoms with Gasteiger partial charge in [0.25, 0.3) is 0 Å². The molecule has 1 saturated carbocycles. The number of benzene rings is 2.